The van der Waals surface area contributed by atoms with Crippen LogP contribution in [0.15, 0.2) is 18.9 Å². The lowest BCUT2D eigenvalue weighted by atomic mass is 10.2. The molecule has 4 heteroatoms. The van der Waals surface area contributed by atoms with Crippen LogP contribution >= 0.6 is 0 Å². The highest BCUT2D eigenvalue weighted by Crippen LogP contribution is 2.44. The molecule has 1 aliphatic rings. The van der Waals surface area contributed by atoms with E-state index < -0.39 is 0 Å². The summed E-state index contributed by atoms with van der Waals surface area (Å²) in [5, 5.41) is 7.15. The Kier molecular flexibility index (Phi) is 2.81. The fourth-order valence-electron chi connectivity index (χ4n) is 1.83. The average Bonchev–Trinajstić information content (AvgIpc) is 3.00. The third kappa shape index (κ3) is 2.01. The Morgan fingerprint density at radius 3 is 2.88 bits per heavy atom. The van der Waals surface area contributed by atoms with Crippen LogP contribution in [0.1, 0.15) is 44.3 Å². The van der Waals surface area contributed by atoms with Crippen molar-refractivity contribution in [2.24, 2.45) is 0 Å². The lowest BCUT2D eigenvalue weighted by molar-refractivity contribution is -0.111. The lowest BCUT2D eigenvalue weighted by Crippen LogP contribution is -2.11. The molecule has 0 unspecified atom stereocenters. The zero-order valence-corrected chi connectivity index (χ0v) is 9.73. The molecule has 1 amide bonds. The van der Waals surface area contributed by atoms with Crippen molar-refractivity contribution in [1.29, 1.82) is 0 Å². The summed E-state index contributed by atoms with van der Waals surface area (Å²) in [5.74, 6) is 0.384. The molecule has 0 spiro atoms. The zero-order valence-electron chi connectivity index (χ0n) is 9.73. The van der Waals surface area contributed by atoms with Crippen molar-refractivity contribution in [2.45, 2.75) is 38.6 Å². The fourth-order valence-corrected chi connectivity index (χ4v) is 1.83. The van der Waals surface area contributed by atoms with E-state index in [2.05, 4.69) is 30.8 Å². The minimum atomic E-state index is -0.176. The van der Waals surface area contributed by atoms with Crippen LogP contribution in [0.3, 0.4) is 0 Å². The Labute approximate surface area is 95.3 Å². The van der Waals surface area contributed by atoms with Crippen LogP contribution in [0.4, 0.5) is 5.69 Å². The number of anilines is 1. The van der Waals surface area contributed by atoms with Gasteiger partial charge in [0.1, 0.15) is 0 Å². The highest BCUT2D eigenvalue weighted by molar-refractivity contribution is 5.99. The van der Waals surface area contributed by atoms with Gasteiger partial charge in [0.05, 0.1) is 17.6 Å². The Hall–Kier alpha value is -1.58. The van der Waals surface area contributed by atoms with Crippen LogP contribution in [0, 0.1) is 0 Å². The molecule has 16 heavy (non-hydrogen) atoms. The van der Waals surface area contributed by atoms with Crippen molar-refractivity contribution in [3.8, 4) is 0 Å². The Bertz CT molecular complexity index is 416. The lowest BCUT2D eigenvalue weighted by Gasteiger charge is -2.11. The van der Waals surface area contributed by atoms with E-state index in [4.69, 9.17) is 0 Å². The molecule has 0 saturated heterocycles. The maximum atomic E-state index is 11.3. The van der Waals surface area contributed by atoms with E-state index in [0.29, 0.717) is 12.0 Å². The minimum Gasteiger partial charge on any atom is -0.320 e. The van der Waals surface area contributed by atoms with Gasteiger partial charge in [-0.2, -0.15) is 5.10 Å². The number of amides is 1. The summed E-state index contributed by atoms with van der Waals surface area (Å²) >= 11 is 0. The topological polar surface area (TPSA) is 46.9 Å². The molecule has 1 aromatic heterocycles. The predicted molar refractivity (Wildman–Crippen MR) is 63.4 cm³/mol. The second kappa shape index (κ2) is 4.12. The largest absolute Gasteiger partial charge is 0.320 e. The quantitative estimate of drug-likeness (QED) is 0.791. The van der Waals surface area contributed by atoms with Gasteiger partial charge in [-0.1, -0.05) is 6.58 Å². The van der Waals surface area contributed by atoms with Gasteiger partial charge in [-0.05, 0) is 32.8 Å². The third-order valence-corrected chi connectivity index (χ3v) is 2.73. The number of rotatable bonds is 4. The van der Waals surface area contributed by atoms with Crippen LogP contribution in [0.25, 0.3) is 0 Å². The summed E-state index contributed by atoms with van der Waals surface area (Å²) < 4.78 is 2.00. The van der Waals surface area contributed by atoms with Crippen molar-refractivity contribution in [3.05, 3.63) is 24.5 Å². The SMILES string of the molecule is C=CC(=O)Nc1cnn(C(C)C)c1C1CC1. The maximum Gasteiger partial charge on any atom is 0.247 e. The van der Waals surface area contributed by atoms with E-state index in [1.54, 1.807) is 6.20 Å². The Morgan fingerprint density at radius 2 is 2.38 bits per heavy atom. The van der Waals surface area contributed by atoms with E-state index in [-0.39, 0.29) is 5.91 Å². The first-order chi connectivity index (χ1) is 7.63. The van der Waals surface area contributed by atoms with Crippen LogP contribution in [-0.4, -0.2) is 15.7 Å². The van der Waals surface area contributed by atoms with E-state index in [9.17, 15) is 4.79 Å². The first-order valence-electron chi connectivity index (χ1n) is 5.64. The van der Waals surface area contributed by atoms with Crippen molar-refractivity contribution < 1.29 is 4.79 Å². The van der Waals surface area contributed by atoms with Crippen LogP contribution in [-0.2, 0) is 4.79 Å². The number of carbonyl (C=O) groups excluding carboxylic acids is 1. The van der Waals surface area contributed by atoms with Crippen molar-refractivity contribution in [2.75, 3.05) is 5.32 Å². The minimum absolute atomic E-state index is 0.176. The van der Waals surface area contributed by atoms with Gasteiger partial charge in [0, 0.05) is 12.0 Å². The molecule has 1 saturated carbocycles. The second-order valence-corrected chi connectivity index (χ2v) is 4.45. The molecule has 0 aromatic carbocycles. The smallest absolute Gasteiger partial charge is 0.247 e. The number of carbonyl (C=O) groups is 1. The normalized spacial score (nSPS) is 15.2. The van der Waals surface area contributed by atoms with Gasteiger partial charge in [0.15, 0.2) is 0 Å². The van der Waals surface area contributed by atoms with Crippen molar-refractivity contribution in [3.63, 3.8) is 0 Å². The maximum absolute atomic E-state index is 11.3. The standard InChI is InChI=1S/C12H17N3O/c1-4-11(16)14-10-7-13-15(8(2)3)12(10)9-5-6-9/h4,7-9H,1,5-6H2,2-3H3,(H,14,16). The number of nitrogens with one attached hydrogen (secondary N) is 1. The molecule has 1 fully saturated rings. The molecule has 1 aromatic rings. The summed E-state index contributed by atoms with van der Waals surface area (Å²) in [7, 11) is 0. The van der Waals surface area contributed by atoms with Gasteiger partial charge in [0.2, 0.25) is 5.91 Å². The molecule has 4 nitrogen and oxygen atoms in total. The van der Waals surface area contributed by atoms with Gasteiger partial charge < -0.3 is 5.32 Å². The van der Waals surface area contributed by atoms with Gasteiger partial charge >= 0.3 is 0 Å². The summed E-state index contributed by atoms with van der Waals surface area (Å²) in [6, 6.07) is 0.324. The van der Waals surface area contributed by atoms with Gasteiger partial charge in [-0.25, -0.2) is 0 Å². The van der Waals surface area contributed by atoms with Crippen molar-refractivity contribution >= 4 is 11.6 Å². The van der Waals surface area contributed by atoms with Gasteiger partial charge in [-0.15, -0.1) is 0 Å². The predicted octanol–water partition coefficient (Wildman–Crippen LogP) is 2.47. The molecule has 0 radical (unpaired) electrons. The van der Waals surface area contributed by atoms with Gasteiger partial charge in [-0.3, -0.25) is 9.48 Å². The molecular weight excluding hydrogens is 202 g/mol. The van der Waals surface area contributed by atoms with Gasteiger partial charge in [0.25, 0.3) is 0 Å². The highest BCUT2D eigenvalue weighted by atomic mass is 16.1. The van der Waals surface area contributed by atoms with Crippen LogP contribution in [0.5, 0.6) is 0 Å². The van der Waals surface area contributed by atoms with E-state index >= 15 is 0 Å². The second-order valence-electron chi connectivity index (χ2n) is 4.45. The molecule has 0 atom stereocenters. The first kappa shape index (κ1) is 10.9. The molecule has 2 rings (SSSR count). The summed E-state index contributed by atoms with van der Waals surface area (Å²) in [6.45, 7) is 7.64. The van der Waals surface area contributed by atoms with E-state index in [1.165, 1.54) is 18.9 Å². The first-order valence-corrected chi connectivity index (χ1v) is 5.64. The zero-order chi connectivity index (χ0) is 11.7. The number of nitrogens with zero attached hydrogens (tertiary/aromatic N) is 2. The number of hydrogen-bond donors (Lipinski definition) is 1. The van der Waals surface area contributed by atoms with Crippen LogP contribution in [0.2, 0.25) is 0 Å². The van der Waals surface area contributed by atoms with E-state index in [1.807, 2.05) is 4.68 Å². The number of aromatic nitrogens is 2. The molecule has 86 valence electrons. The monoisotopic (exact) mass is 219 g/mol. The highest BCUT2D eigenvalue weighted by Gasteiger charge is 2.31. The molecular formula is C12H17N3O. The fraction of sp³-hybridized carbons (Fsp3) is 0.500. The summed E-state index contributed by atoms with van der Waals surface area (Å²) in [6.07, 6.45) is 5.39. The Balaban J connectivity index is 2.30. The molecule has 1 heterocycles. The van der Waals surface area contributed by atoms with E-state index in [0.717, 1.165) is 11.4 Å². The van der Waals surface area contributed by atoms with Crippen molar-refractivity contribution in [1.82, 2.24) is 9.78 Å². The molecule has 0 bridgehead atoms. The number of hydrogen-bond acceptors (Lipinski definition) is 2. The average molecular weight is 219 g/mol. The molecule has 1 N–H and O–H groups in total. The summed E-state index contributed by atoms with van der Waals surface area (Å²) in [5.41, 5.74) is 1.99. The third-order valence-electron chi connectivity index (χ3n) is 2.73. The molecule has 1 aliphatic carbocycles. The summed E-state index contributed by atoms with van der Waals surface area (Å²) in [4.78, 5) is 11.3. The Morgan fingerprint density at radius 1 is 1.69 bits per heavy atom. The van der Waals surface area contributed by atoms with Crippen LogP contribution < -0.4 is 5.32 Å². The molecule has 0 aliphatic heterocycles.